The number of benzene rings is 1. The van der Waals surface area contributed by atoms with Gasteiger partial charge in [-0.1, -0.05) is 34.1 Å². The molecule has 1 aromatic rings. The quantitative estimate of drug-likeness (QED) is 0.868. The van der Waals surface area contributed by atoms with Crippen LogP contribution in [-0.2, 0) is 19.4 Å². The normalized spacial score (nSPS) is 18.7. The van der Waals surface area contributed by atoms with Crippen LogP contribution < -0.4 is 10.2 Å². The summed E-state index contributed by atoms with van der Waals surface area (Å²) < 4.78 is 23.6. The lowest BCUT2D eigenvalue weighted by Crippen LogP contribution is -2.54. The van der Waals surface area contributed by atoms with Crippen molar-refractivity contribution in [2.24, 2.45) is 11.8 Å². The van der Waals surface area contributed by atoms with E-state index in [1.54, 1.807) is 11.0 Å². The van der Waals surface area contributed by atoms with Crippen LogP contribution in [0.5, 0.6) is 0 Å². The molecule has 1 heterocycles. The number of amides is 2. The summed E-state index contributed by atoms with van der Waals surface area (Å²) in [5.74, 6) is -0.249. The Hall–Kier alpha value is -1.89. The SMILES string of the molecule is CC[C@H](C)[C@H]1C(=O)Nc2cc(S(C)(=O)=O)ccc2N1C(=O)CC(C)C. The highest BCUT2D eigenvalue weighted by Crippen LogP contribution is 2.37. The van der Waals surface area contributed by atoms with Crippen LogP contribution in [0.1, 0.15) is 40.5 Å². The Balaban J connectivity index is 2.58. The first kappa shape index (κ1) is 19.4. The highest BCUT2D eigenvalue weighted by Gasteiger charge is 2.39. The van der Waals surface area contributed by atoms with Gasteiger partial charge in [0.2, 0.25) is 11.8 Å². The van der Waals surface area contributed by atoms with Crippen LogP contribution in [0.15, 0.2) is 23.1 Å². The number of nitrogens with one attached hydrogen (secondary N) is 1. The van der Waals surface area contributed by atoms with E-state index in [9.17, 15) is 18.0 Å². The molecule has 0 saturated heterocycles. The minimum absolute atomic E-state index is 0.0150. The number of fused-ring (bicyclic) bond motifs is 1. The average Bonchev–Trinajstić information content (AvgIpc) is 2.50. The van der Waals surface area contributed by atoms with Crippen LogP contribution in [0.2, 0.25) is 0 Å². The molecule has 2 amide bonds. The highest BCUT2D eigenvalue weighted by atomic mass is 32.2. The van der Waals surface area contributed by atoms with Gasteiger partial charge in [-0.05, 0) is 30.0 Å². The Morgan fingerprint density at radius 1 is 1.28 bits per heavy atom. The van der Waals surface area contributed by atoms with Crippen molar-refractivity contribution in [2.45, 2.75) is 51.5 Å². The smallest absolute Gasteiger partial charge is 0.247 e. The summed E-state index contributed by atoms with van der Waals surface area (Å²) >= 11 is 0. The fourth-order valence-corrected chi connectivity index (χ4v) is 3.65. The molecule has 0 spiro atoms. The van der Waals surface area contributed by atoms with E-state index in [0.717, 1.165) is 12.7 Å². The van der Waals surface area contributed by atoms with Gasteiger partial charge in [0.15, 0.2) is 9.84 Å². The molecule has 2 rings (SSSR count). The van der Waals surface area contributed by atoms with Crippen molar-refractivity contribution in [3.63, 3.8) is 0 Å². The molecule has 7 heteroatoms. The van der Waals surface area contributed by atoms with Crippen LogP contribution in [-0.4, -0.2) is 32.5 Å². The minimum atomic E-state index is -3.40. The molecule has 0 unspecified atom stereocenters. The minimum Gasteiger partial charge on any atom is -0.322 e. The van der Waals surface area contributed by atoms with Gasteiger partial charge in [0.1, 0.15) is 6.04 Å². The number of sulfone groups is 1. The maximum Gasteiger partial charge on any atom is 0.247 e. The summed E-state index contributed by atoms with van der Waals surface area (Å²) in [6.07, 6.45) is 2.19. The standard InChI is InChI=1S/C18H26N2O4S/c1-6-12(4)17-18(22)19-14-10-13(25(5,23)24)7-8-15(14)20(17)16(21)9-11(2)3/h7-8,10-12,17H,6,9H2,1-5H3,(H,19,22)/t12-,17-/m0/s1. The Labute approximate surface area is 149 Å². The van der Waals surface area contributed by atoms with E-state index in [2.05, 4.69) is 5.32 Å². The molecular weight excluding hydrogens is 340 g/mol. The summed E-state index contributed by atoms with van der Waals surface area (Å²) in [5, 5.41) is 2.78. The van der Waals surface area contributed by atoms with Gasteiger partial charge in [-0.15, -0.1) is 0 Å². The zero-order valence-corrected chi connectivity index (χ0v) is 16.2. The summed E-state index contributed by atoms with van der Waals surface area (Å²) in [4.78, 5) is 27.2. The highest BCUT2D eigenvalue weighted by molar-refractivity contribution is 7.90. The second kappa shape index (κ2) is 7.15. The lowest BCUT2D eigenvalue weighted by atomic mass is 9.93. The Morgan fingerprint density at radius 2 is 1.92 bits per heavy atom. The molecule has 0 radical (unpaired) electrons. The van der Waals surface area contributed by atoms with Crippen LogP contribution in [0, 0.1) is 11.8 Å². The van der Waals surface area contributed by atoms with E-state index in [1.807, 2.05) is 27.7 Å². The first-order valence-electron chi connectivity index (χ1n) is 8.53. The summed E-state index contributed by atoms with van der Waals surface area (Å²) in [6, 6.07) is 3.92. The molecule has 1 N–H and O–H groups in total. The topological polar surface area (TPSA) is 83.6 Å². The summed E-state index contributed by atoms with van der Waals surface area (Å²) in [6.45, 7) is 7.82. The first-order chi connectivity index (χ1) is 11.6. The van der Waals surface area contributed by atoms with Crippen molar-refractivity contribution < 1.29 is 18.0 Å². The van der Waals surface area contributed by atoms with Gasteiger partial charge in [-0.2, -0.15) is 0 Å². The van der Waals surface area contributed by atoms with Crippen molar-refractivity contribution in [3.05, 3.63) is 18.2 Å². The number of anilines is 2. The molecule has 1 aromatic carbocycles. The molecule has 0 aliphatic carbocycles. The Kier molecular flexibility index (Phi) is 5.56. The van der Waals surface area contributed by atoms with E-state index in [-0.39, 0.29) is 28.5 Å². The van der Waals surface area contributed by atoms with Gasteiger partial charge < -0.3 is 5.32 Å². The molecule has 25 heavy (non-hydrogen) atoms. The molecule has 1 aliphatic heterocycles. The maximum absolute atomic E-state index is 12.9. The van der Waals surface area contributed by atoms with E-state index >= 15 is 0 Å². The molecule has 0 aromatic heterocycles. The lowest BCUT2D eigenvalue weighted by molar-refractivity contribution is -0.125. The number of carbonyl (C=O) groups is 2. The second-order valence-corrected chi connectivity index (χ2v) is 9.15. The third-order valence-electron chi connectivity index (χ3n) is 4.49. The number of carbonyl (C=O) groups excluding carboxylic acids is 2. The predicted octanol–water partition coefficient (Wildman–Crippen LogP) is 2.84. The van der Waals surface area contributed by atoms with Gasteiger partial charge in [-0.25, -0.2) is 8.42 Å². The van der Waals surface area contributed by atoms with Gasteiger partial charge >= 0.3 is 0 Å². The van der Waals surface area contributed by atoms with Crippen molar-refractivity contribution in [1.82, 2.24) is 0 Å². The third-order valence-corrected chi connectivity index (χ3v) is 5.61. The monoisotopic (exact) mass is 366 g/mol. The second-order valence-electron chi connectivity index (χ2n) is 7.13. The molecular formula is C18H26N2O4S. The molecule has 0 fully saturated rings. The lowest BCUT2D eigenvalue weighted by Gasteiger charge is -2.39. The summed E-state index contributed by atoms with van der Waals surface area (Å²) in [7, 11) is -3.40. The molecule has 1 aliphatic rings. The average molecular weight is 366 g/mol. The van der Waals surface area contributed by atoms with Gasteiger partial charge in [0.05, 0.1) is 16.3 Å². The molecule has 2 atom stereocenters. The first-order valence-corrected chi connectivity index (χ1v) is 10.4. The van der Waals surface area contributed by atoms with Crippen LogP contribution in [0.3, 0.4) is 0 Å². The van der Waals surface area contributed by atoms with Crippen LogP contribution >= 0.6 is 0 Å². The van der Waals surface area contributed by atoms with Crippen LogP contribution in [0.4, 0.5) is 11.4 Å². The maximum atomic E-state index is 12.9. The van der Waals surface area contributed by atoms with Gasteiger partial charge in [-0.3, -0.25) is 14.5 Å². The molecule has 138 valence electrons. The van der Waals surface area contributed by atoms with Crippen molar-refractivity contribution in [1.29, 1.82) is 0 Å². The molecule has 0 bridgehead atoms. The summed E-state index contributed by atoms with van der Waals surface area (Å²) in [5.41, 5.74) is 0.924. The largest absolute Gasteiger partial charge is 0.322 e. The number of nitrogens with zero attached hydrogens (tertiary/aromatic N) is 1. The van der Waals surface area contributed by atoms with Crippen molar-refractivity contribution in [3.8, 4) is 0 Å². The zero-order chi connectivity index (χ0) is 18.9. The van der Waals surface area contributed by atoms with Crippen LogP contribution in [0.25, 0.3) is 0 Å². The fourth-order valence-electron chi connectivity index (χ4n) is 3.00. The van der Waals surface area contributed by atoms with Gasteiger partial charge in [0, 0.05) is 12.7 Å². The van der Waals surface area contributed by atoms with E-state index < -0.39 is 15.9 Å². The Morgan fingerprint density at radius 3 is 2.44 bits per heavy atom. The third kappa shape index (κ3) is 4.03. The zero-order valence-electron chi connectivity index (χ0n) is 15.4. The number of rotatable bonds is 5. The molecule has 6 nitrogen and oxygen atoms in total. The fraction of sp³-hybridized carbons (Fsp3) is 0.556. The van der Waals surface area contributed by atoms with Crippen molar-refractivity contribution in [2.75, 3.05) is 16.5 Å². The molecule has 0 saturated carbocycles. The van der Waals surface area contributed by atoms with E-state index in [1.165, 1.54) is 12.1 Å². The van der Waals surface area contributed by atoms with Crippen molar-refractivity contribution >= 4 is 33.0 Å². The Bertz CT molecular complexity index is 786. The van der Waals surface area contributed by atoms with E-state index in [0.29, 0.717) is 17.8 Å². The van der Waals surface area contributed by atoms with Gasteiger partial charge in [0.25, 0.3) is 0 Å². The number of hydrogen-bond acceptors (Lipinski definition) is 4. The van der Waals surface area contributed by atoms with E-state index in [4.69, 9.17) is 0 Å². The predicted molar refractivity (Wildman–Crippen MR) is 98.4 cm³/mol. The number of hydrogen-bond donors (Lipinski definition) is 1.